The number of amides is 3. The lowest BCUT2D eigenvalue weighted by Gasteiger charge is -2.38. The maximum absolute atomic E-state index is 12.5. The van der Waals surface area contributed by atoms with Gasteiger partial charge in [-0.25, -0.2) is 14.5 Å². The quantitative estimate of drug-likeness (QED) is 0.648. The second-order valence-corrected chi connectivity index (χ2v) is 7.21. The van der Waals surface area contributed by atoms with Crippen LogP contribution in [0, 0.1) is 5.92 Å². The van der Waals surface area contributed by atoms with Crippen molar-refractivity contribution in [2.75, 3.05) is 0 Å². The molecule has 0 aromatic heterocycles. The number of benzene rings is 1. The summed E-state index contributed by atoms with van der Waals surface area (Å²) in [6.45, 7) is 2.11. The molecule has 1 aliphatic heterocycles. The Hall–Kier alpha value is -2.37. The summed E-state index contributed by atoms with van der Waals surface area (Å²) >= 11 is 0. The van der Waals surface area contributed by atoms with Crippen LogP contribution in [0.5, 0.6) is 0 Å². The van der Waals surface area contributed by atoms with Crippen molar-refractivity contribution in [3.63, 3.8) is 0 Å². The van der Waals surface area contributed by atoms with E-state index < -0.39 is 18.0 Å². The molecule has 140 valence electrons. The first kappa shape index (κ1) is 18.4. The summed E-state index contributed by atoms with van der Waals surface area (Å²) in [6, 6.07) is 8.02. The zero-order valence-corrected chi connectivity index (χ0v) is 15.1. The van der Waals surface area contributed by atoms with Crippen LogP contribution in [0.2, 0.25) is 0 Å². The van der Waals surface area contributed by atoms with Crippen LogP contribution in [0.1, 0.15) is 51.0 Å². The molecule has 1 aliphatic carbocycles. The maximum atomic E-state index is 12.5. The first-order valence-electron chi connectivity index (χ1n) is 9.39. The second-order valence-electron chi connectivity index (χ2n) is 7.21. The van der Waals surface area contributed by atoms with E-state index in [1.165, 1.54) is 19.3 Å². The molecule has 1 heterocycles. The molecule has 0 radical (unpaired) electrons. The van der Waals surface area contributed by atoms with Crippen LogP contribution in [-0.4, -0.2) is 34.9 Å². The van der Waals surface area contributed by atoms with Gasteiger partial charge in [-0.05, 0) is 31.2 Å². The Balaban J connectivity index is 1.51. The Morgan fingerprint density at radius 2 is 1.88 bits per heavy atom. The summed E-state index contributed by atoms with van der Waals surface area (Å²) in [5, 5.41) is 2.90. The third-order valence-corrected chi connectivity index (χ3v) is 5.37. The van der Waals surface area contributed by atoms with Crippen molar-refractivity contribution in [3.05, 3.63) is 35.9 Å². The van der Waals surface area contributed by atoms with Crippen LogP contribution in [0.15, 0.2) is 30.3 Å². The van der Waals surface area contributed by atoms with Crippen molar-refractivity contribution in [1.29, 1.82) is 0 Å². The normalized spacial score (nSPS) is 21.7. The van der Waals surface area contributed by atoms with Gasteiger partial charge in [-0.3, -0.25) is 4.79 Å². The highest BCUT2D eigenvalue weighted by Gasteiger charge is 2.46. The van der Waals surface area contributed by atoms with Crippen molar-refractivity contribution in [3.8, 4) is 0 Å². The molecule has 1 aromatic carbocycles. The summed E-state index contributed by atoms with van der Waals surface area (Å²) in [7, 11) is 0. The maximum Gasteiger partial charge on any atom is 0.330 e. The first-order chi connectivity index (χ1) is 12.6. The van der Waals surface area contributed by atoms with E-state index in [9.17, 15) is 14.4 Å². The molecule has 0 spiro atoms. The van der Waals surface area contributed by atoms with Gasteiger partial charge in [-0.2, -0.15) is 0 Å². The van der Waals surface area contributed by atoms with Gasteiger partial charge in [0.15, 0.2) is 0 Å². The Bertz CT molecular complexity index is 655. The van der Waals surface area contributed by atoms with Crippen molar-refractivity contribution in [2.45, 2.75) is 64.1 Å². The van der Waals surface area contributed by atoms with Gasteiger partial charge in [0.2, 0.25) is 5.91 Å². The Kier molecular flexibility index (Phi) is 5.91. The molecule has 2 fully saturated rings. The molecule has 0 bridgehead atoms. The van der Waals surface area contributed by atoms with Crippen molar-refractivity contribution in [1.82, 2.24) is 10.2 Å². The van der Waals surface area contributed by atoms with Crippen LogP contribution in [-0.2, 0) is 20.9 Å². The summed E-state index contributed by atoms with van der Waals surface area (Å²) < 4.78 is 5.27. The summed E-state index contributed by atoms with van der Waals surface area (Å²) in [5.74, 6) is -0.429. The summed E-state index contributed by atoms with van der Waals surface area (Å²) in [5.41, 5.74) is 0.869. The fourth-order valence-electron chi connectivity index (χ4n) is 3.70. The zero-order chi connectivity index (χ0) is 18.5. The minimum absolute atomic E-state index is 0.00260. The summed E-state index contributed by atoms with van der Waals surface area (Å²) in [4.78, 5) is 37.6. The number of ether oxygens (including phenoxy) is 1. The van der Waals surface area contributed by atoms with Gasteiger partial charge in [0.1, 0.15) is 12.6 Å². The highest BCUT2D eigenvalue weighted by molar-refractivity contribution is 6.06. The van der Waals surface area contributed by atoms with Gasteiger partial charge in [0, 0.05) is 6.04 Å². The first-order valence-corrected chi connectivity index (χ1v) is 9.39. The predicted molar refractivity (Wildman–Crippen MR) is 96.1 cm³/mol. The number of carbonyl (C=O) groups is 3. The van der Waals surface area contributed by atoms with Crippen molar-refractivity contribution < 1.29 is 19.1 Å². The number of urea groups is 1. The molecule has 26 heavy (non-hydrogen) atoms. The molecule has 6 heteroatoms. The number of hydrogen-bond donors (Lipinski definition) is 1. The standard InChI is InChI=1S/C20H26N2O4/c1-14(16-10-6-3-7-11-16)21-20(25)22-17(12-18(22)23)19(24)26-13-15-8-4-2-5-9-15/h2,4-5,8-9,14,16-17H,3,6-7,10-13H2,1H3,(H,21,25)/t14-,17+/m1/s1. The van der Waals surface area contributed by atoms with Crippen molar-refractivity contribution >= 4 is 17.9 Å². The molecule has 1 N–H and O–H groups in total. The lowest BCUT2D eigenvalue weighted by atomic mass is 9.84. The van der Waals surface area contributed by atoms with E-state index in [2.05, 4.69) is 5.32 Å². The van der Waals surface area contributed by atoms with Gasteiger partial charge < -0.3 is 10.1 Å². The van der Waals surface area contributed by atoms with E-state index in [1.54, 1.807) is 0 Å². The molecule has 1 saturated carbocycles. The van der Waals surface area contributed by atoms with Crippen LogP contribution in [0.4, 0.5) is 4.79 Å². The SMILES string of the molecule is C[C@@H](NC(=O)N1C(=O)C[C@H]1C(=O)OCc1ccccc1)C1CCCCC1. The van der Waals surface area contributed by atoms with Crippen LogP contribution < -0.4 is 5.32 Å². The molecule has 0 unspecified atom stereocenters. The minimum atomic E-state index is -0.815. The summed E-state index contributed by atoms with van der Waals surface area (Å²) in [6.07, 6.45) is 5.83. The number of imide groups is 1. The van der Waals surface area contributed by atoms with Crippen LogP contribution >= 0.6 is 0 Å². The smallest absolute Gasteiger partial charge is 0.330 e. The van der Waals surface area contributed by atoms with Crippen LogP contribution in [0.3, 0.4) is 0 Å². The van der Waals surface area contributed by atoms with E-state index in [-0.39, 0.29) is 25.0 Å². The van der Waals surface area contributed by atoms with E-state index in [1.807, 2.05) is 37.3 Å². The number of carbonyl (C=O) groups excluding carboxylic acids is 3. The van der Waals surface area contributed by atoms with E-state index in [0.717, 1.165) is 23.3 Å². The number of esters is 1. The van der Waals surface area contributed by atoms with Gasteiger partial charge in [-0.15, -0.1) is 0 Å². The average molecular weight is 358 g/mol. The molecule has 6 nitrogen and oxygen atoms in total. The number of likely N-dealkylation sites (tertiary alicyclic amines) is 1. The average Bonchev–Trinajstić information content (AvgIpc) is 2.65. The number of nitrogens with one attached hydrogen (secondary N) is 1. The monoisotopic (exact) mass is 358 g/mol. The number of β-lactam (4-membered cyclic amide) rings is 1. The van der Waals surface area contributed by atoms with E-state index in [4.69, 9.17) is 4.74 Å². The molecule has 3 amide bonds. The number of hydrogen-bond acceptors (Lipinski definition) is 4. The Labute approximate surface area is 153 Å². The third kappa shape index (κ3) is 4.23. The van der Waals surface area contributed by atoms with Gasteiger partial charge in [0.05, 0.1) is 6.42 Å². The molecule has 1 saturated heterocycles. The number of nitrogens with zero attached hydrogens (tertiary/aromatic N) is 1. The van der Waals surface area contributed by atoms with E-state index >= 15 is 0 Å². The Morgan fingerprint density at radius 3 is 2.54 bits per heavy atom. The van der Waals surface area contributed by atoms with E-state index in [0.29, 0.717) is 5.92 Å². The fraction of sp³-hybridized carbons (Fsp3) is 0.550. The third-order valence-electron chi connectivity index (χ3n) is 5.37. The molecule has 2 atom stereocenters. The largest absolute Gasteiger partial charge is 0.459 e. The molecule has 1 aromatic rings. The molecular formula is C20H26N2O4. The number of rotatable bonds is 5. The van der Waals surface area contributed by atoms with Crippen LogP contribution in [0.25, 0.3) is 0 Å². The van der Waals surface area contributed by atoms with Crippen molar-refractivity contribution in [2.24, 2.45) is 5.92 Å². The lowest BCUT2D eigenvalue weighted by Crippen LogP contribution is -2.63. The highest BCUT2D eigenvalue weighted by Crippen LogP contribution is 2.27. The molecule has 2 aliphatic rings. The minimum Gasteiger partial charge on any atom is -0.459 e. The highest BCUT2D eigenvalue weighted by atomic mass is 16.5. The predicted octanol–water partition coefficient (Wildman–Crippen LogP) is 3.01. The topological polar surface area (TPSA) is 75.7 Å². The zero-order valence-electron chi connectivity index (χ0n) is 15.1. The Morgan fingerprint density at radius 1 is 1.19 bits per heavy atom. The molecular weight excluding hydrogens is 332 g/mol. The van der Waals surface area contributed by atoms with Gasteiger partial charge >= 0.3 is 12.0 Å². The van der Waals surface area contributed by atoms with Gasteiger partial charge in [-0.1, -0.05) is 49.6 Å². The fourth-order valence-corrected chi connectivity index (χ4v) is 3.70. The molecule has 3 rings (SSSR count). The second kappa shape index (κ2) is 8.34. The van der Waals surface area contributed by atoms with Gasteiger partial charge in [0.25, 0.3) is 0 Å². The lowest BCUT2D eigenvalue weighted by molar-refractivity contribution is -0.163.